The summed E-state index contributed by atoms with van der Waals surface area (Å²) in [5.41, 5.74) is -0.182. The third-order valence-corrected chi connectivity index (χ3v) is 7.08. The maximum Gasteiger partial charge on any atom is 0.416 e. The van der Waals surface area contributed by atoms with E-state index in [0.29, 0.717) is 49.3 Å². The van der Waals surface area contributed by atoms with E-state index in [0.717, 1.165) is 27.4 Å². The second-order valence-corrected chi connectivity index (χ2v) is 9.80. The topological polar surface area (TPSA) is 45.7 Å². The number of rotatable bonds is 4. The lowest BCUT2D eigenvalue weighted by Gasteiger charge is -2.29. The Hall–Kier alpha value is -4.12. The summed E-state index contributed by atoms with van der Waals surface area (Å²) < 4.78 is 85.8. The van der Waals surface area contributed by atoms with E-state index in [2.05, 4.69) is 4.90 Å². The van der Waals surface area contributed by atoms with Gasteiger partial charge in [-0.1, -0.05) is 24.3 Å². The number of pyridine rings is 1. The van der Waals surface area contributed by atoms with Gasteiger partial charge in [0.25, 0.3) is 5.91 Å². The highest BCUT2D eigenvalue weighted by atomic mass is 19.4. The van der Waals surface area contributed by atoms with Crippen LogP contribution in [0.25, 0.3) is 22.0 Å². The van der Waals surface area contributed by atoms with E-state index >= 15 is 0 Å². The van der Waals surface area contributed by atoms with Gasteiger partial charge < -0.3 is 14.5 Å². The van der Waals surface area contributed by atoms with E-state index in [1.165, 1.54) is 7.05 Å². The van der Waals surface area contributed by atoms with Gasteiger partial charge >= 0.3 is 12.4 Å². The Morgan fingerprint density at radius 2 is 1.49 bits per heavy atom. The quantitative estimate of drug-likeness (QED) is 0.240. The van der Waals surface area contributed by atoms with Crippen LogP contribution in [0.4, 0.5) is 37.8 Å². The molecular weight excluding hydrogens is 548 g/mol. The lowest BCUT2D eigenvalue weighted by molar-refractivity contribution is -0.143. The zero-order valence-corrected chi connectivity index (χ0v) is 22.1. The molecule has 2 heterocycles. The number of benzene rings is 3. The van der Waals surface area contributed by atoms with Crippen molar-refractivity contribution in [3.63, 3.8) is 0 Å². The monoisotopic (exact) mass is 573 g/mol. The van der Waals surface area contributed by atoms with Crippen LogP contribution in [0.1, 0.15) is 27.0 Å². The number of morpholine rings is 1. The number of amides is 1. The first kappa shape index (κ1) is 28.4. The van der Waals surface area contributed by atoms with Gasteiger partial charge in [0.15, 0.2) is 0 Å². The van der Waals surface area contributed by atoms with E-state index in [9.17, 15) is 31.1 Å². The maximum atomic E-state index is 13.4. The van der Waals surface area contributed by atoms with Crippen LogP contribution in [-0.2, 0) is 17.1 Å². The number of anilines is 2. The van der Waals surface area contributed by atoms with Crippen molar-refractivity contribution in [2.24, 2.45) is 0 Å². The molecule has 1 aromatic heterocycles. The second-order valence-electron chi connectivity index (χ2n) is 9.80. The molecule has 5 nitrogen and oxygen atoms in total. The Kier molecular flexibility index (Phi) is 7.41. The fourth-order valence-electron chi connectivity index (χ4n) is 4.85. The van der Waals surface area contributed by atoms with Gasteiger partial charge in [0, 0.05) is 36.8 Å². The third kappa shape index (κ3) is 5.85. The first-order chi connectivity index (χ1) is 19.3. The normalized spacial score (nSPS) is 14.4. The van der Waals surface area contributed by atoms with Crippen molar-refractivity contribution >= 4 is 28.3 Å². The summed E-state index contributed by atoms with van der Waals surface area (Å²) in [6, 6.07) is 15.5. The van der Waals surface area contributed by atoms with E-state index in [4.69, 9.17) is 9.72 Å². The summed E-state index contributed by atoms with van der Waals surface area (Å²) in [5, 5.41) is 0.675. The highest BCUT2D eigenvalue weighted by molar-refractivity contribution is 6.08. The molecule has 214 valence electrons. The molecular formula is C30H25F6N3O2. The molecule has 1 saturated heterocycles. The molecule has 5 rings (SSSR count). The Labute approximate surface area is 232 Å². The fourth-order valence-corrected chi connectivity index (χ4v) is 4.85. The van der Waals surface area contributed by atoms with Gasteiger partial charge in [0.2, 0.25) is 0 Å². The molecule has 0 unspecified atom stereocenters. The molecule has 41 heavy (non-hydrogen) atoms. The Morgan fingerprint density at radius 1 is 0.854 bits per heavy atom. The van der Waals surface area contributed by atoms with E-state index in [1.807, 2.05) is 37.3 Å². The standard InChI is InChI=1S/C30H25F6N3O2/c1-18-5-3-4-6-23(18)24-17-27(39-9-11-41-12-10-39)37-26-8-7-22(16-25(24)26)38(2)28(40)19-13-20(29(31,32)33)15-21(14-19)30(34,35)36/h3-8,13-17H,9-12H2,1-2H3. The van der Waals surface area contributed by atoms with Gasteiger partial charge in [-0.25, -0.2) is 4.98 Å². The Balaban J connectivity index is 1.61. The van der Waals surface area contributed by atoms with Crippen molar-refractivity contribution in [3.8, 4) is 11.1 Å². The number of halogens is 6. The molecule has 0 aliphatic carbocycles. The number of hydrogen-bond donors (Lipinski definition) is 0. The SMILES string of the molecule is Cc1ccccc1-c1cc(N2CCOCC2)nc2ccc(N(C)C(=O)c3cc(C(F)(F)F)cc(C(F)(F)F)c3)cc12. The largest absolute Gasteiger partial charge is 0.416 e. The van der Waals surface area contributed by atoms with Crippen LogP contribution in [0.15, 0.2) is 66.7 Å². The highest BCUT2D eigenvalue weighted by Gasteiger charge is 2.38. The van der Waals surface area contributed by atoms with E-state index in [1.54, 1.807) is 18.2 Å². The molecule has 1 aliphatic heterocycles. The second kappa shape index (κ2) is 10.7. The average Bonchev–Trinajstić information content (AvgIpc) is 2.95. The molecule has 1 fully saturated rings. The van der Waals surface area contributed by atoms with Crippen LogP contribution >= 0.6 is 0 Å². The molecule has 1 amide bonds. The molecule has 0 N–H and O–H groups in total. The minimum atomic E-state index is -5.07. The van der Waals surface area contributed by atoms with Crippen LogP contribution in [0.5, 0.6) is 0 Å². The van der Waals surface area contributed by atoms with Gasteiger partial charge in [-0.3, -0.25) is 4.79 Å². The minimum Gasteiger partial charge on any atom is -0.378 e. The van der Waals surface area contributed by atoms with Crippen LogP contribution < -0.4 is 9.80 Å². The summed E-state index contributed by atoms with van der Waals surface area (Å²) >= 11 is 0. The number of carbonyl (C=O) groups excluding carboxylic acids is 1. The van der Waals surface area contributed by atoms with Crippen LogP contribution in [0.2, 0.25) is 0 Å². The van der Waals surface area contributed by atoms with Crippen molar-refractivity contribution in [1.82, 2.24) is 4.98 Å². The average molecular weight is 574 g/mol. The van der Waals surface area contributed by atoms with Gasteiger partial charge in [-0.05, 0) is 66.1 Å². The fraction of sp³-hybridized carbons (Fsp3) is 0.267. The predicted molar refractivity (Wildman–Crippen MR) is 144 cm³/mol. The first-order valence-corrected chi connectivity index (χ1v) is 12.7. The molecule has 0 atom stereocenters. The van der Waals surface area contributed by atoms with E-state index in [-0.39, 0.29) is 11.8 Å². The Bertz CT molecular complexity index is 1580. The molecule has 0 bridgehead atoms. The van der Waals surface area contributed by atoms with Gasteiger partial charge in [-0.15, -0.1) is 0 Å². The molecule has 0 spiro atoms. The molecule has 3 aromatic carbocycles. The number of fused-ring (bicyclic) bond motifs is 1. The molecule has 4 aromatic rings. The summed E-state index contributed by atoms with van der Waals surface area (Å²) in [5.74, 6) is -0.267. The molecule has 0 saturated carbocycles. The van der Waals surface area contributed by atoms with Crippen molar-refractivity contribution in [3.05, 3.63) is 89.0 Å². The third-order valence-electron chi connectivity index (χ3n) is 7.08. The molecule has 11 heteroatoms. The van der Waals surface area contributed by atoms with E-state index < -0.39 is 35.0 Å². The van der Waals surface area contributed by atoms with Crippen LogP contribution in [0, 0.1) is 6.92 Å². The van der Waals surface area contributed by atoms with Crippen molar-refractivity contribution in [2.75, 3.05) is 43.2 Å². The maximum absolute atomic E-state index is 13.4. The number of aryl methyl sites for hydroxylation is 1. The zero-order chi connectivity index (χ0) is 29.5. The minimum absolute atomic E-state index is 0.000997. The number of nitrogens with zero attached hydrogens (tertiary/aromatic N) is 3. The summed E-state index contributed by atoms with van der Waals surface area (Å²) in [4.78, 5) is 21.2. The highest BCUT2D eigenvalue weighted by Crippen LogP contribution is 2.38. The lowest BCUT2D eigenvalue weighted by atomic mass is 9.96. The van der Waals surface area contributed by atoms with Gasteiger partial charge in [-0.2, -0.15) is 26.3 Å². The lowest BCUT2D eigenvalue weighted by Crippen LogP contribution is -2.36. The zero-order valence-electron chi connectivity index (χ0n) is 22.1. The molecule has 0 radical (unpaired) electrons. The Morgan fingerprint density at radius 3 is 2.10 bits per heavy atom. The van der Waals surface area contributed by atoms with Gasteiger partial charge in [0.05, 0.1) is 29.9 Å². The number of alkyl halides is 6. The van der Waals surface area contributed by atoms with Gasteiger partial charge in [0.1, 0.15) is 5.82 Å². The predicted octanol–water partition coefficient (Wildman–Crippen LogP) is 7.36. The first-order valence-electron chi connectivity index (χ1n) is 12.7. The number of hydrogen-bond acceptors (Lipinski definition) is 4. The smallest absolute Gasteiger partial charge is 0.378 e. The summed E-state index contributed by atoms with van der Waals surface area (Å²) in [7, 11) is 1.31. The van der Waals surface area contributed by atoms with Crippen LogP contribution in [0.3, 0.4) is 0 Å². The number of carbonyl (C=O) groups is 1. The van der Waals surface area contributed by atoms with Crippen molar-refractivity contribution in [1.29, 1.82) is 0 Å². The number of ether oxygens (including phenoxy) is 1. The van der Waals surface area contributed by atoms with Crippen molar-refractivity contribution in [2.45, 2.75) is 19.3 Å². The summed E-state index contributed by atoms with van der Waals surface area (Å²) in [6.07, 6.45) is -10.1. The summed E-state index contributed by atoms with van der Waals surface area (Å²) in [6.45, 7) is 4.42. The van der Waals surface area contributed by atoms with Crippen LogP contribution in [-0.4, -0.2) is 44.2 Å². The molecule has 1 aliphatic rings. The number of aromatic nitrogens is 1. The van der Waals surface area contributed by atoms with Crippen molar-refractivity contribution < 1.29 is 35.9 Å².